The number of Topliss-reactive ketones (excluding diaryl/α,β-unsaturated/α-hetero) is 1. The number of carbonyl (C=O) groups excluding carboxylic acids is 1. The van der Waals surface area contributed by atoms with E-state index < -0.39 is 0 Å². The van der Waals surface area contributed by atoms with Crippen LogP contribution < -0.4 is 0 Å². The highest BCUT2D eigenvalue weighted by molar-refractivity contribution is 5.81. The van der Waals surface area contributed by atoms with Gasteiger partial charge in [-0.05, 0) is 18.4 Å². The summed E-state index contributed by atoms with van der Waals surface area (Å²) in [5, 5.41) is 9.35. The normalized spacial score (nSPS) is 17.9. The number of ketones is 1. The zero-order chi connectivity index (χ0) is 12.8. The van der Waals surface area contributed by atoms with Crippen molar-refractivity contribution in [1.29, 1.82) is 5.26 Å². The van der Waals surface area contributed by atoms with Crippen LogP contribution in [0.3, 0.4) is 0 Å². The fraction of sp³-hybridized carbons (Fsp3) is 0.500. The van der Waals surface area contributed by atoms with E-state index in [-0.39, 0.29) is 11.2 Å². The molecular formula is C16H19NO. The van der Waals surface area contributed by atoms with Crippen LogP contribution in [0.1, 0.15) is 44.1 Å². The SMILES string of the molecule is N#CC1(CC(=O)Cc2ccccc2)CCCCC1. The molecule has 0 N–H and O–H groups in total. The Morgan fingerprint density at radius 1 is 1.17 bits per heavy atom. The quantitative estimate of drug-likeness (QED) is 0.807. The standard InChI is InChI=1S/C16H19NO/c17-13-16(9-5-2-6-10-16)12-15(18)11-14-7-3-1-4-8-14/h1,3-4,7-8H,2,5-6,9-12H2. The molecule has 1 aliphatic carbocycles. The lowest BCUT2D eigenvalue weighted by molar-refractivity contribution is -0.120. The van der Waals surface area contributed by atoms with E-state index in [2.05, 4.69) is 6.07 Å². The van der Waals surface area contributed by atoms with Gasteiger partial charge in [0.2, 0.25) is 0 Å². The second-order valence-electron chi connectivity index (χ2n) is 5.33. The Labute approximate surface area is 109 Å². The first-order valence-electron chi connectivity index (χ1n) is 6.71. The summed E-state index contributed by atoms with van der Waals surface area (Å²) >= 11 is 0. The number of benzene rings is 1. The van der Waals surface area contributed by atoms with Gasteiger partial charge in [0, 0.05) is 12.8 Å². The lowest BCUT2D eigenvalue weighted by Gasteiger charge is -2.29. The van der Waals surface area contributed by atoms with Crippen LogP contribution in [-0.2, 0) is 11.2 Å². The Bertz CT molecular complexity index is 438. The molecule has 0 unspecified atom stereocenters. The average Bonchev–Trinajstić information content (AvgIpc) is 2.41. The van der Waals surface area contributed by atoms with Crippen molar-refractivity contribution < 1.29 is 4.79 Å². The van der Waals surface area contributed by atoms with Gasteiger partial charge in [0.25, 0.3) is 0 Å². The molecule has 0 aromatic heterocycles. The molecule has 2 nitrogen and oxygen atoms in total. The molecule has 1 saturated carbocycles. The second-order valence-corrected chi connectivity index (χ2v) is 5.33. The Morgan fingerprint density at radius 3 is 2.44 bits per heavy atom. The Hall–Kier alpha value is -1.62. The minimum Gasteiger partial charge on any atom is -0.299 e. The molecule has 0 spiro atoms. The molecule has 0 bridgehead atoms. The monoisotopic (exact) mass is 241 g/mol. The summed E-state index contributed by atoms with van der Waals surface area (Å²) in [6.07, 6.45) is 6.06. The van der Waals surface area contributed by atoms with E-state index in [0.717, 1.165) is 31.2 Å². The topological polar surface area (TPSA) is 40.9 Å². The van der Waals surface area contributed by atoms with Crippen LogP contribution in [-0.4, -0.2) is 5.78 Å². The van der Waals surface area contributed by atoms with Crippen LogP contribution in [0.25, 0.3) is 0 Å². The van der Waals surface area contributed by atoms with Crippen molar-refractivity contribution in [3.8, 4) is 6.07 Å². The maximum atomic E-state index is 12.1. The predicted molar refractivity (Wildman–Crippen MR) is 70.9 cm³/mol. The van der Waals surface area contributed by atoms with Gasteiger partial charge < -0.3 is 0 Å². The summed E-state index contributed by atoms with van der Waals surface area (Å²) in [4.78, 5) is 12.1. The van der Waals surface area contributed by atoms with Crippen LogP contribution in [0.5, 0.6) is 0 Å². The molecule has 2 heteroatoms. The molecule has 1 fully saturated rings. The molecule has 18 heavy (non-hydrogen) atoms. The maximum Gasteiger partial charge on any atom is 0.138 e. The van der Waals surface area contributed by atoms with Crippen LogP contribution in [0.2, 0.25) is 0 Å². The van der Waals surface area contributed by atoms with Gasteiger partial charge in [-0.15, -0.1) is 0 Å². The molecule has 0 saturated heterocycles. The largest absolute Gasteiger partial charge is 0.299 e. The lowest BCUT2D eigenvalue weighted by atomic mass is 9.71. The minimum absolute atomic E-state index is 0.199. The Morgan fingerprint density at radius 2 is 1.83 bits per heavy atom. The van der Waals surface area contributed by atoms with Gasteiger partial charge in [0.05, 0.1) is 11.5 Å². The van der Waals surface area contributed by atoms with Crippen molar-refractivity contribution >= 4 is 5.78 Å². The van der Waals surface area contributed by atoms with E-state index in [1.165, 1.54) is 6.42 Å². The number of nitriles is 1. The lowest BCUT2D eigenvalue weighted by Crippen LogP contribution is -2.26. The van der Waals surface area contributed by atoms with Crippen molar-refractivity contribution in [2.24, 2.45) is 5.41 Å². The molecule has 2 rings (SSSR count). The van der Waals surface area contributed by atoms with Crippen molar-refractivity contribution in [3.05, 3.63) is 35.9 Å². The summed E-state index contributed by atoms with van der Waals surface area (Å²) in [5.74, 6) is 0.199. The van der Waals surface area contributed by atoms with Gasteiger partial charge in [-0.2, -0.15) is 5.26 Å². The van der Waals surface area contributed by atoms with E-state index >= 15 is 0 Å². The summed E-state index contributed by atoms with van der Waals surface area (Å²) in [5.41, 5.74) is 0.677. The first-order valence-corrected chi connectivity index (χ1v) is 6.71. The van der Waals surface area contributed by atoms with E-state index in [1.807, 2.05) is 30.3 Å². The third kappa shape index (κ3) is 3.20. The highest BCUT2D eigenvalue weighted by atomic mass is 16.1. The van der Waals surface area contributed by atoms with Crippen LogP contribution in [0, 0.1) is 16.7 Å². The summed E-state index contributed by atoms with van der Waals surface area (Å²) in [6.45, 7) is 0. The fourth-order valence-corrected chi connectivity index (χ4v) is 2.82. The third-order valence-electron chi connectivity index (χ3n) is 3.83. The van der Waals surface area contributed by atoms with Crippen LogP contribution in [0.4, 0.5) is 0 Å². The smallest absolute Gasteiger partial charge is 0.138 e. The average molecular weight is 241 g/mol. The van der Waals surface area contributed by atoms with Crippen LogP contribution in [0.15, 0.2) is 30.3 Å². The van der Waals surface area contributed by atoms with Gasteiger partial charge in [-0.25, -0.2) is 0 Å². The molecule has 0 radical (unpaired) electrons. The van der Waals surface area contributed by atoms with Gasteiger partial charge in [0.15, 0.2) is 0 Å². The Kier molecular flexibility index (Phi) is 4.15. The molecule has 1 aromatic carbocycles. The molecule has 94 valence electrons. The van der Waals surface area contributed by atoms with E-state index in [4.69, 9.17) is 0 Å². The van der Waals surface area contributed by atoms with Gasteiger partial charge in [-0.3, -0.25) is 4.79 Å². The first kappa shape index (κ1) is 12.8. The molecule has 1 aromatic rings. The second kappa shape index (κ2) is 5.82. The van der Waals surface area contributed by atoms with Gasteiger partial charge >= 0.3 is 0 Å². The molecule has 0 aliphatic heterocycles. The van der Waals surface area contributed by atoms with Crippen LogP contribution >= 0.6 is 0 Å². The molecular weight excluding hydrogens is 222 g/mol. The molecule has 0 atom stereocenters. The summed E-state index contributed by atoms with van der Waals surface area (Å²) < 4.78 is 0. The maximum absolute atomic E-state index is 12.1. The van der Waals surface area contributed by atoms with Gasteiger partial charge in [-0.1, -0.05) is 49.6 Å². The third-order valence-corrected chi connectivity index (χ3v) is 3.83. The molecule has 0 heterocycles. The number of nitrogens with zero attached hydrogens (tertiary/aromatic N) is 1. The summed E-state index contributed by atoms with van der Waals surface area (Å²) in [6, 6.07) is 12.2. The fourth-order valence-electron chi connectivity index (χ4n) is 2.82. The number of hydrogen-bond donors (Lipinski definition) is 0. The van der Waals surface area contributed by atoms with Crippen molar-refractivity contribution in [1.82, 2.24) is 0 Å². The van der Waals surface area contributed by atoms with E-state index in [0.29, 0.717) is 12.8 Å². The highest BCUT2D eigenvalue weighted by Gasteiger charge is 2.34. The number of carbonyl (C=O) groups is 1. The number of rotatable bonds is 4. The highest BCUT2D eigenvalue weighted by Crippen LogP contribution is 2.39. The minimum atomic E-state index is -0.371. The number of hydrogen-bond acceptors (Lipinski definition) is 2. The zero-order valence-corrected chi connectivity index (χ0v) is 10.7. The molecule has 0 amide bonds. The Balaban J connectivity index is 1.96. The van der Waals surface area contributed by atoms with Crippen molar-refractivity contribution in [2.45, 2.75) is 44.9 Å². The zero-order valence-electron chi connectivity index (χ0n) is 10.7. The van der Waals surface area contributed by atoms with E-state index in [1.54, 1.807) is 0 Å². The van der Waals surface area contributed by atoms with E-state index in [9.17, 15) is 10.1 Å². The van der Waals surface area contributed by atoms with Gasteiger partial charge in [0.1, 0.15) is 5.78 Å². The predicted octanol–water partition coefficient (Wildman–Crippen LogP) is 3.66. The molecule has 1 aliphatic rings. The first-order chi connectivity index (χ1) is 8.74. The van der Waals surface area contributed by atoms with Crippen molar-refractivity contribution in [3.63, 3.8) is 0 Å². The summed E-state index contributed by atoms with van der Waals surface area (Å²) in [7, 11) is 0. The van der Waals surface area contributed by atoms with Crippen molar-refractivity contribution in [2.75, 3.05) is 0 Å².